The molecule has 1 aromatic carbocycles. The normalized spacial score (nSPS) is 13.3. The third-order valence-corrected chi connectivity index (χ3v) is 5.10. The minimum absolute atomic E-state index is 0.108. The van der Waals surface area contributed by atoms with Crippen LogP contribution in [0.15, 0.2) is 18.2 Å². The first-order valence-electron chi connectivity index (χ1n) is 8.51. The largest absolute Gasteiger partial charge is 0.495 e. The number of Topliss-reactive ketones (excluding diaryl/α,β-unsaturated/α-hetero) is 1. The smallest absolute Gasteiger partial charge is 0.260 e. The lowest BCUT2D eigenvalue weighted by Crippen LogP contribution is -2.36. The van der Waals surface area contributed by atoms with E-state index in [0.29, 0.717) is 45.5 Å². The quantitative estimate of drug-likeness (QED) is 0.759. The molecule has 0 aliphatic carbocycles. The highest BCUT2D eigenvalue weighted by atomic mass is 35.5. The van der Waals surface area contributed by atoms with Crippen molar-refractivity contribution in [2.45, 2.75) is 33.6 Å². The number of fused-ring (bicyclic) bond motifs is 1. The highest BCUT2D eigenvalue weighted by Gasteiger charge is 2.30. The third-order valence-electron chi connectivity index (χ3n) is 4.75. The Morgan fingerprint density at radius 2 is 1.88 bits per heavy atom. The van der Waals surface area contributed by atoms with Gasteiger partial charge in [0.15, 0.2) is 5.78 Å². The maximum Gasteiger partial charge on any atom is 0.260 e. The molecule has 0 atom stereocenters. The topological polar surface area (TPSA) is 59.5 Å². The zero-order valence-electron chi connectivity index (χ0n) is 15.4. The van der Waals surface area contributed by atoms with Crippen molar-refractivity contribution < 1.29 is 14.3 Å². The zero-order valence-corrected chi connectivity index (χ0v) is 16.1. The summed E-state index contributed by atoms with van der Waals surface area (Å²) in [6.07, 6.45) is 1.60. The molecule has 0 radical (unpaired) electrons. The van der Waals surface area contributed by atoms with E-state index in [1.807, 2.05) is 0 Å². The molecule has 2 aromatic rings. The Hall–Kier alpha value is -2.40. The Morgan fingerprint density at radius 3 is 2.54 bits per heavy atom. The molecule has 0 bridgehead atoms. The molecule has 5 nitrogen and oxygen atoms in total. The van der Waals surface area contributed by atoms with Gasteiger partial charge in [0.25, 0.3) is 5.91 Å². The van der Waals surface area contributed by atoms with Crippen LogP contribution >= 0.6 is 11.6 Å². The molecule has 0 N–H and O–H groups in total. The van der Waals surface area contributed by atoms with Gasteiger partial charge in [-0.2, -0.15) is 0 Å². The number of ether oxygens (including phenoxy) is 1. The molecule has 0 unspecified atom stereocenters. The van der Waals surface area contributed by atoms with Gasteiger partial charge in [-0.1, -0.05) is 11.6 Å². The molecule has 0 spiro atoms. The maximum absolute atomic E-state index is 13.3. The molecule has 1 aromatic heterocycles. The van der Waals surface area contributed by atoms with Crippen molar-refractivity contribution in [3.05, 3.63) is 51.3 Å². The van der Waals surface area contributed by atoms with Crippen molar-refractivity contribution in [3.63, 3.8) is 0 Å². The summed E-state index contributed by atoms with van der Waals surface area (Å²) in [4.78, 5) is 31.3. The lowest BCUT2D eigenvalue weighted by molar-refractivity contribution is 0.0983. The second-order valence-corrected chi connectivity index (χ2v) is 6.85. The van der Waals surface area contributed by atoms with Crippen LogP contribution in [0.1, 0.15) is 51.0 Å². The Bertz CT molecular complexity index is 908. The Labute approximate surface area is 157 Å². The summed E-state index contributed by atoms with van der Waals surface area (Å²) in [5, 5.41) is 0.626. The fraction of sp³-hybridized carbons (Fsp3) is 0.350. The Morgan fingerprint density at radius 1 is 1.19 bits per heavy atom. The number of benzene rings is 1. The van der Waals surface area contributed by atoms with Crippen LogP contribution in [0.3, 0.4) is 0 Å². The van der Waals surface area contributed by atoms with Crippen LogP contribution in [-0.4, -0.2) is 30.3 Å². The molecule has 1 aliphatic rings. The minimum atomic E-state index is -0.195. The second-order valence-electron chi connectivity index (χ2n) is 6.45. The number of ketones is 1. The van der Waals surface area contributed by atoms with E-state index in [1.54, 1.807) is 44.1 Å². The third kappa shape index (κ3) is 3.07. The number of pyridine rings is 1. The van der Waals surface area contributed by atoms with Crippen molar-refractivity contribution in [2.24, 2.45) is 0 Å². The fourth-order valence-electron chi connectivity index (χ4n) is 3.46. The summed E-state index contributed by atoms with van der Waals surface area (Å²) in [7, 11) is 1.58. The van der Waals surface area contributed by atoms with Crippen LogP contribution in [0.25, 0.3) is 0 Å². The van der Waals surface area contributed by atoms with Gasteiger partial charge in [0.1, 0.15) is 5.75 Å². The molecule has 6 heteroatoms. The number of hydrogen-bond acceptors (Lipinski definition) is 4. The number of amides is 1. The summed E-state index contributed by atoms with van der Waals surface area (Å²) < 4.78 is 5.47. The van der Waals surface area contributed by atoms with Gasteiger partial charge >= 0.3 is 0 Å². The molecule has 1 aliphatic heterocycles. The number of hydrogen-bond donors (Lipinski definition) is 0. The molecule has 0 saturated heterocycles. The van der Waals surface area contributed by atoms with Gasteiger partial charge < -0.3 is 9.64 Å². The number of carbonyl (C=O) groups excluding carboxylic acids is 2. The lowest BCUT2D eigenvalue weighted by Gasteiger charge is -2.32. The number of anilines is 1. The summed E-state index contributed by atoms with van der Waals surface area (Å²) in [6.45, 7) is 5.60. The highest BCUT2D eigenvalue weighted by molar-refractivity contribution is 6.32. The monoisotopic (exact) mass is 372 g/mol. The molecule has 3 rings (SSSR count). The standard InChI is InChI=1S/C20H21ClN2O3/c1-11-15(13(3)24)10-16(12(2)22-11)20(25)23-9-5-6-14-17(21)7-8-18(26-4)19(14)23/h7-8,10H,5-6,9H2,1-4H3. The first kappa shape index (κ1) is 18.4. The van der Waals surface area contributed by atoms with Crippen molar-refractivity contribution in [1.29, 1.82) is 0 Å². The van der Waals surface area contributed by atoms with Crippen molar-refractivity contribution in [2.75, 3.05) is 18.6 Å². The van der Waals surface area contributed by atoms with E-state index in [0.717, 1.165) is 18.4 Å². The lowest BCUT2D eigenvalue weighted by atomic mass is 9.98. The van der Waals surface area contributed by atoms with Crippen LogP contribution < -0.4 is 9.64 Å². The number of nitrogens with zero attached hydrogens (tertiary/aromatic N) is 2. The van der Waals surface area contributed by atoms with Gasteiger partial charge in [0.05, 0.1) is 24.1 Å². The van der Waals surface area contributed by atoms with Crippen LogP contribution in [0.5, 0.6) is 5.75 Å². The van der Waals surface area contributed by atoms with Crippen LogP contribution in [0, 0.1) is 13.8 Å². The molecular formula is C20H21ClN2O3. The first-order valence-corrected chi connectivity index (χ1v) is 8.89. The zero-order chi connectivity index (χ0) is 19.0. The average molecular weight is 373 g/mol. The van der Waals surface area contributed by atoms with E-state index in [-0.39, 0.29) is 11.7 Å². The van der Waals surface area contributed by atoms with Crippen molar-refractivity contribution >= 4 is 29.0 Å². The van der Waals surface area contributed by atoms with E-state index in [2.05, 4.69) is 4.98 Å². The van der Waals surface area contributed by atoms with Crippen LogP contribution in [-0.2, 0) is 6.42 Å². The van der Waals surface area contributed by atoms with E-state index in [4.69, 9.17) is 16.3 Å². The molecule has 26 heavy (non-hydrogen) atoms. The summed E-state index contributed by atoms with van der Waals surface area (Å²) >= 11 is 6.36. The Balaban J connectivity index is 2.13. The molecule has 1 amide bonds. The summed E-state index contributed by atoms with van der Waals surface area (Å²) in [5.41, 5.74) is 3.75. The fourth-order valence-corrected chi connectivity index (χ4v) is 3.71. The van der Waals surface area contributed by atoms with Gasteiger partial charge in [0, 0.05) is 22.8 Å². The SMILES string of the molecule is COc1ccc(Cl)c2c1N(C(=O)c1cc(C(C)=O)c(C)nc1C)CCC2. The van der Waals surface area contributed by atoms with E-state index in [1.165, 1.54) is 6.92 Å². The first-order chi connectivity index (χ1) is 12.3. The van der Waals surface area contributed by atoms with Gasteiger partial charge in [-0.3, -0.25) is 14.6 Å². The number of carbonyl (C=O) groups is 2. The minimum Gasteiger partial charge on any atom is -0.495 e. The van der Waals surface area contributed by atoms with Gasteiger partial charge in [-0.05, 0) is 57.4 Å². The predicted molar refractivity (Wildman–Crippen MR) is 102 cm³/mol. The second kappa shape index (κ2) is 7.08. The number of methoxy groups -OCH3 is 1. The van der Waals surface area contributed by atoms with E-state index < -0.39 is 0 Å². The van der Waals surface area contributed by atoms with E-state index in [9.17, 15) is 9.59 Å². The van der Waals surface area contributed by atoms with Crippen molar-refractivity contribution in [1.82, 2.24) is 4.98 Å². The highest BCUT2D eigenvalue weighted by Crippen LogP contribution is 2.41. The molecule has 0 saturated carbocycles. The average Bonchev–Trinajstić information content (AvgIpc) is 2.61. The van der Waals surface area contributed by atoms with Gasteiger partial charge in [0.2, 0.25) is 0 Å². The van der Waals surface area contributed by atoms with Gasteiger partial charge in [-0.25, -0.2) is 0 Å². The molecule has 2 heterocycles. The number of aromatic nitrogens is 1. The summed E-state index contributed by atoms with van der Waals surface area (Å²) in [5.74, 6) is 0.310. The van der Waals surface area contributed by atoms with Gasteiger partial charge in [-0.15, -0.1) is 0 Å². The van der Waals surface area contributed by atoms with Crippen LogP contribution in [0.2, 0.25) is 5.02 Å². The number of halogens is 1. The molecular weight excluding hydrogens is 352 g/mol. The number of aryl methyl sites for hydroxylation is 2. The number of rotatable bonds is 3. The molecule has 136 valence electrons. The maximum atomic E-state index is 13.3. The van der Waals surface area contributed by atoms with E-state index >= 15 is 0 Å². The Kier molecular flexibility index (Phi) is 5.01. The predicted octanol–water partition coefficient (Wildman–Crippen LogP) is 4.16. The summed E-state index contributed by atoms with van der Waals surface area (Å²) in [6, 6.07) is 5.21. The van der Waals surface area contributed by atoms with Crippen molar-refractivity contribution in [3.8, 4) is 5.75 Å². The molecule has 0 fully saturated rings. The van der Waals surface area contributed by atoms with Crippen LogP contribution in [0.4, 0.5) is 5.69 Å².